The van der Waals surface area contributed by atoms with Crippen LogP contribution in [0.5, 0.6) is 0 Å². The van der Waals surface area contributed by atoms with Crippen molar-refractivity contribution in [1.82, 2.24) is 5.32 Å². The normalized spacial score (nSPS) is 19.6. The fourth-order valence-electron chi connectivity index (χ4n) is 3.41. The Morgan fingerprint density at radius 1 is 1.00 bits per heavy atom. The number of rotatable bonds is 8. The third-order valence-corrected chi connectivity index (χ3v) is 5.08. The van der Waals surface area contributed by atoms with E-state index in [1.54, 1.807) is 24.3 Å². The number of carbonyl (C=O) groups is 3. The van der Waals surface area contributed by atoms with Gasteiger partial charge in [0.05, 0.1) is 0 Å². The summed E-state index contributed by atoms with van der Waals surface area (Å²) in [7, 11) is 0. The fourth-order valence-corrected chi connectivity index (χ4v) is 3.41. The van der Waals surface area contributed by atoms with E-state index in [1.807, 2.05) is 0 Å². The number of hydrogen-bond acceptors (Lipinski definition) is 3. The maximum absolute atomic E-state index is 12.5. The van der Waals surface area contributed by atoms with E-state index in [-0.39, 0.29) is 29.4 Å². The maximum atomic E-state index is 12.5. The van der Waals surface area contributed by atoms with Crippen molar-refractivity contribution >= 4 is 23.3 Å². The van der Waals surface area contributed by atoms with E-state index < -0.39 is 0 Å². The molecule has 2 rings (SSSR count). The molecule has 142 valence electrons. The molecule has 1 fully saturated rings. The van der Waals surface area contributed by atoms with Gasteiger partial charge in [0.15, 0.2) is 5.78 Å². The standard InChI is InChI=1S/C21H30N2O3/c1-3-4-5-13-22-20(25)16-9-11-17(12-10-16)21(26)23-19-8-6-7-18(14-19)15(2)24/h6-8,14,16-17H,3-5,9-13H2,1-2H3,(H,22,25)(H,23,26). The van der Waals surface area contributed by atoms with Crippen molar-refractivity contribution in [2.75, 3.05) is 11.9 Å². The first-order chi connectivity index (χ1) is 12.5. The lowest BCUT2D eigenvalue weighted by Crippen LogP contribution is -2.35. The van der Waals surface area contributed by atoms with Crippen molar-refractivity contribution < 1.29 is 14.4 Å². The molecule has 1 aliphatic rings. The lowest BCUT2D eigenvalue weighted by molar-refractivity contribution is -0.128. The summed E-state index contributed by atoms with van der Waals surface area (Å²) in [5.41, 5.74) is 1.24. The minimum Gasteiger partial charge on any atom is -0.356 e. The summed E-state index contributed by atoms with van der Waals surface area (Å²) in [6.07, 6.45) is 6.27. The van der Waals surface area contributed by atoms with Gasteiger partial charge in [-0.25, -0.2) is 0 Å². The summed E-state index contributed by atoms with van der Waals surface area (Å²) in [6, 6.07) is 7.00. The molecule has 0 heterocycles. The second kappa shape index (κ2) is 10.1. The van der Waals surface area contributed by atoms with E-state index in [4.69, 9.17) is 0 Å². The summed E-state index contributed by atoms with van der Waals surface area (Å²) < 4.78 is 0. The predicted octanol–water partition coefficient (Wildman–Crippen LogP) is 3.94. The number of ketones is 1. The number of unbranched alkanes of at least 4 members (excludes halogenated alkanes) is 2. The molecule has 1 saturated carbocycles. The van der Waals surface area contributed by atoms with Gasteiger partial charge in [-0.1, -0.05) is 31.9 Å². The van der Waals surface area contributed by atoms with Crippen LogP contribution in [0, 0.1) is 11.8 Å². The van der Waals surface area contributed by atoms with Crippen molar-refractivity contribution in [1.29, 1.82) is 0 Å². The zero-order chi connectivity index (χ0) is 18.9. The van der Waals surface area contributed by atoms with Gasteiger partial charge in [-0.2, -0.15) is 0 Å². The van der Waals surface area contributed by atoms with Crippen molar-refractivity contribution in [2.45, 2.75) is 58.8 Å². The molecular weight excluding hydrogens is 328 g/mol. The fraction of sp³-hybridized carbons (Fsp3) is 0.571. The van der Waals surface area contributed by atoms with Gasteiger partial charge in [0.2, 0.25) is 11.8 Å². The molecule has 0 aliphatic heterocycles. The first kappa shape index (κ1) is 20.1. The van der Waals surface area contributed by atoms with Crippen LogP contribution in [0.2, 0.25) is 0 Å². The van der Waals surface area contributed by atoms with Crippen LogP contribution >= 0.6 is 0 Å². The van der Waals surface area contributed by atoms with Gasteiger partial charge in [-0.3, -0.25) is 14.4 Å². The van der Waals surface area contributed by atoms with Crippen molar-refractivity contribution in [3.05, 3.63) is 29.8 Å². The Balaban J connectivity index is 1.78. The molecule has 2 amide bonds. The number of amides is 2. The van der Waals surface area contributed by atoms with Gasteiger partial charge in [-0.05, 0) is 51.2 Å². The van der Waals surface area contributed by atoms with E-state index in [0.29, 0.717) is 11.3 Å². The number of nitrogens with one attached hydrogen (secondary N) is 2. The molecule has 0 unspecified atom stereocenters. The summed E-state index contributed by atoms with van der Waals surface area (Å²) in [6.45, 7) is 4.40. The van der Waals surface area contributed by atoms with Crippen LogP contribution in [0.15, 0.2) is 24.3 Å². The van der Waals surface area contributed by atoms with E-state index in [0.717, 1.165) is 51.5 Å². The molecule has 2 N–H and O–H groups in total. The van der Waals surface area contributed by atoms with Crippen LogP contribution < -0.4 is 10.6 Å². The van der Waals surface area contributed by atoms with E-state index in [1.165, 1.54) is 6.92 Å². The first-order valence-corrected chi connectivity index (χ1v) is 9.70. The second-order valence-corrected chi connectivity index (χ2v) is 7.17. The lowest BCUT2D eigenvalue weighted by Gasteiger charge is -2.27. The largest absolute Gasteiger partial charge is 0.356 e. The molecule has 26 heavy (non-hydrogen) atoms. The zero-order valence-electron chi connectivity index (χ0n) is 15.8. The summed E-state index contributed by atoms with van der Waals surface area (Å²) in [5, 5.41) is 5.92. The summed E-state index contributed by atoms with van der Waals surface area (Å²) >= 11 is 0. The topological polar surface area (TPSA) is 75.3 Å². The minimum absolute atomic E-state index is 0.0208. The maximum Gasteiger partial charge on any atom is 0.227 e. The quantitative estimate of drug-likeness (QED) is 0.546. The van der Waals surface area contributed by atoms with Crippen LogP contribution in [-0.2, 0) is 9.59 Å². The molecule has 5 nitrogen and oxygen atoms in total. The molecule has 0 saturated heterocycles. The Labute approximate surface area is 155 Å². The number of benzene rings is 1. The number of Topliss-reactive ketones (excluding diaryl/α,β-unsaturated/α-hetero) is 1. The number of carbonyl (C=O) groups excluding carboxylic acids is 3. The molecule has 1 aromatic rings. The lowest BCUT2D eigenvalue weighted by atomic mass is 9.81. The average Bonchev–Trinajstić information content (AvgIpc) is 2.65. The van der Waals surface area contributed by atoms with E-state index in [2.05, 4.69) is 17.6 Å². The number of hydrogen-bond donors (Lipinski definition) is 2. The highest BCUT2D eigenvalue weighted by molar-refractivity contribution is 5.97. The monoisotopic (exact) mass is 358 g/mol. The predicted molar refractivity (Wildman–Crippen MR) is 103 cm³/mol. The van der Waals surface area contributed by atoms with Gasteiger partial charge >= 0.3 is 0 Å². The van der Waals surface area contributed by atoms with Crippen molar-refractivity contribution in [3.63, 3.8) is 0 Å². The smallest absolute Gasteiger partial charge is 0.227 e. The van der Waals surface area contributed by atoms with Crippen LogP contribution in [0.3, 0.4) is 0 Å². The van der Waals surface area contributed by atoms with Gasteiger partial charge in [0.1, 0.15) is 0 Å². The Morgan fingerprint density at radius 2 is 1.65 bits per heavy atom. The first-order valence-electron chi connectivity index (χ1n) is 9.70. The van der Waals surface area contributed by atoms with Crippen LogP contribution in [0.25, 0.3) is 0 Å². The summed E-state index contributed by atoms with van der Waals surface area (Å²) in [5.74, 6) is 0.0509. The van der Waals surface area contributed by atoms with Gasteiger partial charge in [0.25, 0.3) is 0 Å². The van der Waals surface area contributed by atoms with Gasteiger partial charge in [0, 0.05) is 29.6 Å². The van der Waals surface area contributed by atoms with Gasteiger partial charge in [-0.15, -0.1) is 0 Å². The highest BCUT2D eigenvalue weighted by Crippen LogP contribution is 2.30. The van der Waals surface area contributed by atoms with Crippen LogP contribution in [0.4, 0.5) is 5.69 Å². The number of anilines is 1. The highest BCUT2D eigenvalue weighted by Gasteiger charge is 2.29. The molecule has 0 aromatic heterocycles. The molecule has 0 radical (unpaired) electrons. The van der Waals surface area contributed by atoms with Crippen molar-refractivity contribution in [2.24, 2.45) is 11.8 Å². The van der Waals surface area contributed by atoms with Crippen LogP contribution in [0.1, 0.15) is 69.2 Å². The Bertz CT molecular complexity index is 634. The van der Waals surface area contributed by atoms with Gasteiger partial charge < -0.3 is 10.6 Å². The van der Waals surface area contributed by atoms with E-state index >= 15 is 0 Å². The Morgan fingerprint density at radius 3 is 2.27 bits per heavy atom. The molecule has 0 atom stereocenters. The third-order valence-electron chi connectivity index (χ3n) is 5.08. The Kier molecular flexibility index (Phi) is 7.82. The third kappa shape index (κ3) is 5.97. The molecule has 1 aliphatic carbocycles. The molecule has 0 bridgehead atoms. The molecular formula is C21H30N2O3. The molecule has 1 aromatic carbocycles. The summed E-state index contributed by atoms with van der Waals surface area (Å²) in [4.78, 5) is 36.1. The minimum atomic E-state index is -0.0693. The molecule has 0 spiro atoms. The average molecular weight is 358 g/mol. The zero-order valence-corrected chi connectivity index (χ0v) is 15.8. The van der Waals surface area contributed by atoms with Crippen LogP contribution in [-0.4, -0.2) is 24.1 Å². The second-order valence-electron chi connectivity index (χ2n) is 7.17. The SMILES string of the molecule is CCCCCNC(=O)C1CCC(C(=O)Nc2cccc(C(C)=O)c2)CC1. The van der Waals surface area contributed by atoms with Crippen molar-refractivity contribution in [3.8, 4) is 0 Å². The van der Waals surface area contributed by atoms with E-state index in [9.17, 15) is 14.4 Å². The molecule has 5 heteroatoms. The Hall–Kier alpha value is -2.17. The highest BCUT2D eigenvalue weighted by atomic mass is 16.2.